The molecule has 1 saturated heterocycles. The summed E-state index contributed by atoms with van der Waals surface area (Å²) in [6.07, 6.45) is 1.82. The molecule has 6 heteroatoms. The number of benzene rings is 1. The van der Waals surface area contributed by atoms with Gasteiger partial charge in [-0.1, -0.05) is 38.5 Å². The lowest BCUT2D eigenvalue weighted by Gasteiger charge is -2.37. The highest BCUT2D eigenvalue weighted by Gasteiger charge is 2.39. The van der Waals surface area contributed by atoms with Gasteiger partial charge in [0.2, 0.25) is 5.91 Å². The maximum Gasteiger partial charge on any atom is 0.321 e. The quantitative estimate of drug-likeness (QED) is 0.904. The van der Waals surface area contributed by atoms with E-state index >= 15 is 0 Å². The molecular weight excluding hydrogens is 328 g/mol. The van der Waals surface area contributed by atoms with Crippen molar-refractivity contribution < 1.29 is 9.59 Å². The maximum absolute atomic E-state index is 13.4. The van der Waals surface area contributed by atoms with Crippen molar-refractivity contribution in [2.24, 2.45) is 5.92 Å². The van der Waals surface area contributed by atoms with Gasteiger partial charge in [0.15, 0.2) is 0 Å². The van der Waals surface area contributed by atoms with Gasteiger partial charge in [-0.05, 0) is 37.6 Å². The van der Waals surface area contributed by atoms with Crippen LogP contribution in [-0.2, 0) is 11.3 Å². The second-order valence-electron chi connectivity index (χ2n) is 7.70. The number of urea groups is 1. The van der Waals surface area contributed by atoms with Crippen LogP contribution in [-0.4, -0.2) is 65.9 Å². The van der Waals surface area contributed by atoms with Gasteiger partial charge < -0.3 is 20.0 Å². The summed E-state index contributed by atoms with van der Waals surface area (Å²) >= 11 is 0. The molecule has 2 aliphatic heterocycles. The van der Waals surface area contributed by atoms with Crippen LogP contribution in [0.5, 0.6) is 0 Å². The number of carbonyl (C=O) groups excluding carboxylic acids is 2. The summed E-state index contributed by atoms with van der Waals surface area (Å²) in [5, 5.41) is 3.03. The number of carbonyl (C=O) groups is 2. The average molecular weight is 358 g/mol. The highest BCUT2D eigenvalue weighted by molar-refractivity contribution is 5.98. The van der Waals surface area contributed by atoms with Gasteiger partial charge in [0.25, 0.3) is 0 Å². The first-order chi connectivity index (χ1) is 12.4. The second kappa shape index (κ2) is 7.66. The predicted octanol–water partition coefficient (Wildman–Crippen LogP) is 2.61. The first-order valence-corrected chi connectivity index (χ1v) is 9.53. The van der Waals surface area contributed by atoms with Crippen molar-refractivity contribution in [3.8, 4) is 0 Å². The number of likely N-dealkylation sites (N-methyl/N-ethyl adjacent to an activating group) is 2. The Morgan fingerprint density at radius 1 is 1.38 bits per heavy atom. The van der Waals surface area contributed by atoms with Gasteiger partial charge in [-0.25, -0.2) is 4.79 Å². The molecule has 0 bridgehead atoms. The van der Waals surface area contributed by atoms with Gasteiger partial charge in [-0.15, -0.1) is 0 Å². The zero-order valence-electron chi connectivity index (χ0n) is 16.2. The minimum absolute atomic E-state index is 0.0533. The topological polar surface area (TPSA) is 55.9 Å². The SMILES string of the molecule is CCC(C)C1C(=O)Nc2ccccc2CN1C(=O)N(C)C1CCN(C)C1. The molecule has 0 spiro atoms. The van der Waals surface area contributed by atoms with Crippen molar-refractivity contribution in [2.75, 3.05) is 32.5 Å². The lowest BCUT2D eigenvalue weighted by atomic mass is 9.97. The Morgan fingerprint density at radius 2 is 2.12 bits per heavy atom. The van der Waals surface area contributed by atoms with E-state index in [0.29, 0.717) is 6.54 Å². The number of likely N-dealkylation sites (tertiary alicyclic amines) is 1. The zero-order valence-corrected chi connectivity index (χ0v) is 16.2. The fourth-order valence-electron chi connectivity index (χ4n) is 3.97. The molecule has 1 N–H and O–H groups in total. The van der Waals surface area contributed by atoms with E-state index in [-0.39, 0.29) is 23.9 Å². The number of nitrogens with zero attached hydrogens (tertiary/aromatic N) is 3. The molecule has 3 rings (SSSR count). The Kier molecular flexibility index (Phi) is 5.51. The molecule has 3 atom stereocenters. The largest absolute Gasteiger partial charge is 0.324 e. The number of anilines is 1. The molecule has 3 amide bonds. The third-order valence-corrected chi connectivity index (χ3v) is 5.86. The molecule has 6 nitrogen and oxygen atoms in total. The molecule has 2 aliphatic rings. The molecule has 142 valence electrons. The zero-order chi connectivity index (χ0) is 18.8. The Hall–Kier alpha value is -2.08. The minimum Gasteiger partial charge on any atom is -0.324 e. The van der Waals surface area contributed by atoms with Crippen molar-refractivity contribution in [3.63, 3.8) is 0 Å². The highest BCUT2D eigenvalue weighted by Crippen LogP contribution is 2.28. The highest BCUT2D eigenvalue weighted by atomic mass is 16.2. The summed E-state index contributed by atoms with van der Waals surface area (Å²) in [7, 11) is 3.95. The molecule has 0 radical (unpaired) electrons. The van der Waals surface area contributed by atoms with Crippen molar-refractivity contribution in [3.05, 3.63) is 29.8 Å². The van der Waals surface area contributed by atoms with Crippen LogP contribution >= 0.6 is 0 Å². The van der Waals surface area contributed by atoms with Crippen LogP contribution in [0.3, 0.4) is 0 Å². The molecule has 0 aromatic heterocycles. The molecular formula is C20H30N4O2. The fourth-order valence-corrected chi connectivity index (χ4v) is 3.97. The van der Waals surface area contributed by atoms with Crippen molar-refractivity contribution in [2.45, 2.75) is 45.3 Å². The number of para-hydroxylation sites is 1. The Labute approximate surface area is 156 Å². The number of rotatable bonds is 3. The number of nitrogens with one attached hydrogen (secondary N) is 1. The third kappa shape index (κ3) is 3.56. The maximum atomic E-state index is 13.4. The lowest BCUT2D eigenvalue weighted by molar-refractivity contribution is -0.122. The van der Waals surface area contributed by atoms with Crippen LogP contribution in [0, 0.1) is 5.92 Å². The number of hydrogen-bond acceptors (Lipinski definition) is 3. The van der Waals surface area contributed by atoms with Crippen LogP contribution in [0.1, 0.15) is 32.3 Å². The normalized spacial score (nSPS) is 24.6. The Bertz CT molecular complexity index is 678. The van der Waals surface area contributed by atoms with Gasteiger partial charge in [0.1, 0.15) is 6.04 Å². The fraction of sp³-hybridized carbons (Fsp3) is 0.600. The molecule has 1 fully saturated rings. The average Bonchev–Trinajstić information content (AvgIpc) is 3.00. The van der Waals surface area contributed by atoms with Crippen LogP contribution in [0.4, 0.5) is 10.5 Å². The van der Waals surface area contributed by atoms with E-state index in [1.54, 1.807) is 4.90 Å². The van der Waals surface area contributed by atoms with Gasteiger partial charge in [0, 0.05) is 25.3 Å². The summed E-state index contributed by atoms with van der Waals surface area (Å²) in [5.74, 6) is 0.00232. The monoisotopic (exact) mass is 358 g/mol. The third-order valence-electron chi connectivity index (χ3n) is 5.86. The van der Waals surface area contributed by atoms with Gasteiger partial charge in [0.05, 0.1) is 6.54 Å². The summed E-state index contributed by atoms with van der Waals surface area (Å²) in [5.41, 5.74) is 1.79. The standard InChI is InChI=1S/C20H30N4O2/c1-5-14(2)18-19(25)21-17-9-7-6-8-15(17)12-24(18)20(26)23(4)16-10-11-22(3)13-16/h6-9,14,16,18H,5,10-13H2,1-4H3,(H,21,25). The van der Waals surface area contributed by atoms with Crippen LogP contribution < -0.4 is 5.32 Å². The van der Waals surface area contributed by atoms with E-state index in [1.807, 2.05) is 43.1 Å². The number of amides is 3. The lowest BCUT2D eigenvalue weighted by Crippen LogP contribution is -2.54. The van der Waals surface area contributed by atoms with E-state index in [9.17, 15) is 9.59 Å². The molecule has 26 heavy (non-hydrogen) atoms. The van der Waals surface area contributed by atoms with E-state index in [0.717, 1.165) is 37.2 Å². The Morgan fingerprint density at radius 3 is 2.77 bits per heavy atom. The summed E-state index contributed by atoms with van der Waals surface area (Å²) < 4.78 is 0. The molecule has 0 saturated carbocycles. The van der Waals surface area contributed by atoms with Crippen LogP contribution in [0.15, 0.2) is 24.3 Å². The molecule has 2 heterocycles. The second-order valence-corrected chi connectivity index (χ2v) is 7.70. The molecule has 1 aromatic carbocycles. The number of fused-ring (bicyclic) bond motifs is 1. The van der Waals surface area contributed by atoms with Crippen molar-refractivity contribution >= 4 is 17.6 Å². The van der Waals surface area contributed by atoms with E-state index < -0.39 is 6.04 Å². The smallest absolute Gasteiger partial charge is 0.321 e. The summed E-state index contributed by atoms with van der Waals surface area (Å²) in [6.45, 7) is 6.45. The van der Waals surface area contributed by atoms with E-state index in [1.165, 1.54) is 0 Å². The Balaban J connectivity index is 1.91. The van der Waals surface area contributed by atoms with Gasteiger partial charge in [-0.2, -0.15) is 0 Å². The minimum atomic E-state index is -0.457. The number of hydrogen-bond donors (Lipinski definition) is 1. The van der Waals surface area contributed by atoms with Crippen molar-refractivity contribution in [1.29, 1.82) is 0 Å². The predicted molar refractivity (Wildman–Crippen MR) is 103 cm³/mol. The van der Waals surface area contributed by atoms with Gasteiger partial charge in [-0.3, -0.25) is 4.79 Å². The van der Waals surface area contributed by atoms with E-state index in [2.05, 4.69) is 24.2 Å². The molecule has 3 unspecified atom stereocenters. The molecule has 0 aliphatic carbocycles. The van der Waals surface area contributed by atoms with Crippen LogP contribution in [0.25, 0.3) is 0 Å². The molecule has 1 aromatic rings. The summed E-state index contributed by atoms with van der Waals surface area (Å²) in [4.78, 5) is 32.2. The first-order valence-electron chi connectivity index (χ1n) is 9.53. The van der Waals surface area contributed by atoms with Crippen LogP contribution in [0.2, 0.25) is 0 Å². The van der Waals surface area contributed by atoms with Gasteiger partial charge >= 0.3 is 6.03 Å². The van der Waals surface area contributed by atoms with E-state index in [4.69, 9.17) is 0 Å². The summed E-state index contributed by atoms with van der Waals surface area (Å²) in [6, 6.07) is 7.45. The first kappa shape index (κ1) is 18.7. The van der Waals surface area contributed by atoms with Crippen molar-refractivity contribution in [1.82, 2.24) is 14.7 Å².